The van der Waals surface area contributed by atoms with Crippen LogP contribution < -0.4 is 0 Å². The van der Waals surface area contributed by atoms with Gasteiger partial charge in [-0.3, -0.25) is 4.79 Å². The molecule has 1 atom stereocenters. The highest BCUT2D eigenvalue weighted by Crippen LogP contribution is 2.24. The fraction of sp³-hybridized carbons (Fsp3) is 0.923. The van der Waals surface area contributed by atoms with Crippen LogP contribution in [-0.2, 0) is 4.79 Å². The molecule has 0 aromatic carbocycles. The summed E-state index contributed by atoms with van der Waals surface area (Å²) in [6, 6.07) is 0. The van der Waals surface area contributed by atoms with Crippen LogP contribution in [0.2, 0.25) is 0 Å². The predicted octanol–water partition coefficient (Wildman–Crippen LogP) is 2.04. The van der Waals surface area contributed by atoms with Gasteiger partial charge in [-0.2, -0.15) is 0 Å². The van der Waals surface area contributed by atoms with Crippen LogP contribution in [0.3, 0.4) is 0 Å². The highest BCUT2D eigenvalue weighted by Gasteiger charge is 2.28. The maximum atomic E-state index is 12.1. The van der Waals surface area contributed by atoms with Crippen molar-refractivity contribution in [3.8, 4) is 0 Å². The highest BCUT2D eigenvalue weighted by molar-refractivity contribution is 5.81. The van der Waals surface area contributed by atoms with E-state index in [4.69, 9.17) is 5.11 Å². The Morgan fingerprint density at radius 1 is 1.31 bits per heavy atom. The van der Waals surface area contributed by atoms with Gasteiger partial charge in [0, 0.05) is 25.1 Å². The van der Waals surface area contributed by atoms with Gasteiger partial charge in [0.25, 0.3) is 0 Å². The van der Waals surface area contributed by atoms with E-state index in [1.807, 2.05) is 25.7 Å². The molecule has 1 N–H and O–H groups in total. The summed E-state index contributed by atoms with van der Waals surface area (Å²) in [5.74, 6) is 0.861. The number of carbonyl (C=O) groups is 1. The minimum atomic E-state index is -0.267. The number of rotatable bonds is 2. The van der Waals surface area contributed by atoms with Gasteiger partial charge < -0.3 is 10.0 Å². The number of hydrogen-bond donors (Lipinski definition) is 1. The van der Waals surface area contributed by atoms with Gasteiger partial charge in [0.2, 0.25) is 5.91 Å². The van der Waals surface area contributed by atoms with Crippen LogP contribution in [0, 0.1) is 11.3 Å². The first-order valence-electron chi connectivity index (χ1n) is 6.35. The van der Waals surface area contributed by atoms with Crippen LogP contribution in [0.4, 0.5) is 0 Å². The van der Waals surface area contributed by atoms with Crippen LogP contribution in [0.1, 0.15) is 46.5 Å². The van der Waals surface area contributed by atoms with Crippen molar-refractivity contribution in [1.82, 2.24) is 4.90 Å². The predicted molar refractivity (Wildman–Crippen MR) is 65.1 cm³/mol. The number of nitrogens with zero attached hydrogens (tertiary/aromatic N) is 1. The molecule has 0 radical (unpaired) electrons. The van der Waals surface area contributed by atoms with E-state index in [-0.39, 0.29) is 17.9 Å². The summed E-state index contributed by atoms with van der Waals surface area (Å²) in [6.45, 7) is 7.96. The Labute approximate surface area is 98.8 Å². The van der Waals surface area contributed by atoms with Crippen LogP contribution in [-0.4, -0.2) is 35.6 Å². The molecule has 1 rings (SSSR count). The Morgan fingerprint density at radius 3 is 2.56 bits per heavy atom. The largest absolute Gasteiger partial charge is 0.396 e. The van der Waals surface area contributed by atoms with Crippen molar-refractivity contribution < 1.29 is 9.90 Å². The number of amides is 1. The third-order valence-corrected chi connectivity index (χ3v) is 3.31. The molecule has 1 unspecified atom stereocenters. The second kappa shape index (κ2) is 5.67. The Morgan fingerprint density at radius 2 is 2.00 bits per heavy atom. The van der Waals surface area contributed by atoms with Crippen LogP contribution in [0.5, 0.6) is 0 Å². The van der Waals surface area contributed by atoms with Gasteiger partial charge in [-0.25, -0.2) is 0 Å². The summed E-state index contributed by atoms with van der Waals surface area (Å²) in [5.41, 5.74) is -0.267. The fourth-order valence-corrected chi connectivity index (χ4v) is 2.31. The van der Waals surface area contributed by atoms with E-state index in [2.05, 4.69) is 0 Å². The molecule has 1 aliphatic rings. The smallest absolute Gasteiger partial charge is 0.227 e. The highest BCUT2D eigenvalue weighted by atomic mass is 16.3. The van der Waals surface area contributed by atoms with E-state index >= 15 is 0 Å². The summed E-state index contributed by atoms with van der Waals surface area (Å²) >= 11 is 0. The topological polar surface area (TPSA) is 40.5 Å². The summed E-state index contributed by atoms with van der Waals surface area (Å²) in [7, 11) is 0. The number of carbonyl (C=O) groups excluding carboxylic acids is 1. The van der Waals surface area contributed by atoms with Crippen molar-refractivity contribution in [3.05, 3.63) is 0 Å². The lowest BCUT2D eigenvalue weighted by molar-refractivity contribution is -0.139. The van der Waals surface area contributed by atoms with Crippen molar-refractivity contribution in [2.75, 3.05) is 19.7 Å². The monoisotopic (exact) mass is 227 g/mol. The van der Waals surface area contributed by atoms with Gasteiger partial charge in [-0.05, 0) is 31.6 Å². The Kier molecular flexibility index (Phi) is 4.78. The maximum absolute atomic E-state index is 12.1. The summed E-state index contributed by atoms with van der Waals surface area (Å²) < 4.78 is 0. The van der Waals surface area contributed by atoms with Gasteiger partial charge in [-0.1, -0.05) is 20.8 Å². The molecule has 0 aromatic rings. The minimum Gasteiger partial charge on any atom is -0.396 e. The molecule has 3 nitrogen and oxygen atoms in total. The molecule has 0 bridgehead atoms. The van der Waals surface area contributed by atoms with Crippen molar-refractivity contribution in [3.63, 3.8) is 0 Å². The summed E-state index contributed by atoms with van der Waals surface area (Å²) in [5, 5.41) is 8.93. The first-order chi connectivity index (χ1) is 7.45. The minimum absolute atomic E-state index is 0.261. The van der Waals surface area contributed by atoms with Crippen molar-refractivity contribution in [2.24, 2.45) is 11.3 Å². The first-order valence-corrected chi connectivity index (χ1v) is 6.35. The van der Waals surface area contributed by atoms with Crippen molar-refractivity contribution in [2.45, 2.75) is 46.5 Å². The molecule has 0 aliphatic carbocycles. The Balaban J connectivity index is 2.50. The number of likely N-dealkylation sites (tertiary alicyclic amines) is 1. The molecule has 1 aliphatic heterocycles. The lowest BCUT2D eigenvalue weighted by atomic mass is 9.94. The fourth-order valence-electron chi connectivity index (χ4n) is 2.31. The molecule has 16 heavy (non-hydrogen) atoms. The van der Waals surface area contributed by atoms with E-state index in [1.54, 1.807) is 0 Å². The van der Waals surface area contributed by atoms with Gasteiger partial charge in [0.15, 0.2) is 0 Å². The molecule has 1 saturated heterocycles. The third-order valence-electron chi connectivity index (χ3n) is 3.31. The van der Waals surface area contributed by atoms with Gasteiger partial charge >= 0.3 is 0 Å². The van der Waals surface area contributed by atoms with E-state index in [0.717, 1.165) is 38.8 Å². The zero-order valence-corrected chi connectivity index (χ0v) is 10.8. The average molecular weight is 227 g/mol. The molecule has 1 heterocycles. The number of aliphatic hydroxyl groups is 1. The molecular formula is C13H25NO2. The summed E-state index contributed by atoms with van der Waals surface area (Å²) in [6.07, 6.45) is 4.15. The lowest BCUT2D eigenvalue weighted by Gasteiger charge is -2.28. The van der Waals surface area contributed by atoms with Crippen LogP contribution in [0.15, 0.2) is 0 Å². The van der Waals surface area contributed by atoms with Crippen LogP contribution >= 0.6 is 0 Å². The maximum Gasteiger partial charge on any atom is 0.227 e. The molecule has 1 amide bonds. The first kappa shape index (κ1) is 13.5. The molecule has 94 valence electrons. The SMILES string of the molecule is CC(C)(C)C(=O)N1CCCC(CCO)CC1. The molecule has 3 heteroatoms. The second-order valence-corrected chi connectivity index (χ2v) is 5.85. The van der Waals surface area contributed by atoms with Crippen molar-refractivity contribution >= 4 is 5.91 Å². The third kappa shape index (κ3) is 3.78. The molecule has 1 fully saturated rings. The number of hydrogen-bond acceptors (Lipinski definition) is 2. The lowest BCUT2D eigenvalue weighted by Crippen LogP contribution is -2.40. The van der Waals surface area contributed by atoms with Gasteiger partial charge in [0.1, 0.15) is 0 Å². The van der Waals surface area contributed by atoms with Gasteiger partial charge in [0.05, 0.1) is 0 Å². The quantitative estimate of drug-likeness (QED) is 0.784. The normalized spacial score (nSPS) is 23.0. The van der Waals surface area contributed by atoms with E-state index < -0.39 is 0 Å². The summed E-state index contributed by atoms with van der Waals surface area (Å²) in [4.78, 5) is 14.1. The molecule has 0 saturated carbocycles. The standard InChI is InChI=1S/C13H25NO2/c1-13(2,3)12(16)14-8-4-5-11(6-9-14)7-10-15/h11,15H,4-10H2,1-3H3. The Hall–Kier alpha value is -0.570. The van der Waals surface area contributed by atoms with Gasteiger partial charge in [-0.15, -0.1) is 0 Å². The van der Waals surface area contributed by atoms with Crippen LogP contribution in [0.25, 0.3) is 0 Å². The van der Waals surface area contributed by atoms with E-state index in [1.165, 1.54) is 0 Å². The molecule has 0 aromatic heterocycles. The average Bonchev–Trinajstić information content (AvgIpc) is 2.41. The molecular weight excluding hydrogens is 202 g/mol. The van der Waals surface area contributed by atoms with E-state index in [9.17, 15) is 4.79 Å². The Bertz CT molecular complexity index is 233. The molecule has 0 spiro atoms. The zero-order valence-electron chi connectivity index (χ0n) is 10.8. The van der Waals surface area contributed by atoms with E-state index in [0.29, 0.717) is 5.92 Å². The second-order valence-electron chi connectivity index (χ2n) is 5.85. The van der Waals surface area contributed by atoms with Crippen molar-refractivity contribution in [1.29, 1.82) is 0 Å². The zero-order chi connectivity index (χ0) is 12.2. The number of aliphatic hydroxyl groups excluding tert-OH is 1.